The zero-order valence-corrected chi connectivity index (χ0v) is 16.6. The van der Waals surface area contributed by atoms with Gasteiger partial charge < -0.3 is 4.42 Å². The summed E-state index contributed by atoms with van der Waals surface area (Å²) in [6.07, 6.45) is 3.69. The highest BCUT2D eigenvalue weighted by molar-refractivity contribution is 7.98. The maximum atomic E-state index is 10.8. The molecule has 2 aromatic carbocycles. The number of rotatable bonds is 6. The van der Waals surface area contributed by atoms with Crippen molar-refractivity contribution in [2.75, 3.05) is 0 Å². The van der Waals surface area contributed by atoms with Crippen LogP contribution in [-0.4, -0.2) is 24.7 Å². The van der Waals surface area contributed by atoms with Gasteiger partial charge in [0.25, 0.3) is 5.69 Å². The lowest BCUT2D eigenvalue weighted by Gasteiger charge is -2.10. The number of aromatic nitrogens is 4. The van der Waals surface area contributed by atoms with Crippen LogP contribution in [0.15, 0.2) is 64.4 Å². The van der Waals surface area contributed by atoms with Crippen LogP contribution in [0.2, 0.25) is 0 Å². The molecule has 2 heterocycles. The monoisotopic (exact) mass is 407 g/mol. The van der Waals surface area contributed by atoms with Gasteiger partial charge in [-0.1, -0.05) is 23.9 Å². The lowest BCUT2D eigenvalue weighted by Crippen LogP contribution is -1.98. The van der Waals surface area contributed by atoms with Crippen LogP contribution < -0.4 is 0 Å². The lowest BCUT2D eigenvalue weighted by molar-refractivity contribution is -0.384. The molecule has 0 saturated carbocycles. The van der Waals surface area contributed by atoms with Gasteiger partial charge in [0.2, 0.25) is 11.8 Å². The number of nitro benzene ring substituents is 1. The molecule has 4 aromatic rings. The molecule has 29 heavy (non-hydrogen) atoms. The number of hydrogen-bond acceptors (Lipinski definition) is 7. The molecule has 0 aliphatic carbocycles. The molecule has 0 aliphatic heterocycles. The van der Waals surface area contributed by atoms with Crippen molar-refractivity contribution in [1.29, 1.82) is 0 Å². The molecule has 0 bridgehead atoms. The number of non-ortho nitro benzene ring substituents is 1. The van der Waals surface area contributed by atoms with Crippen LogP contribution in [0.3, 0.4) is 0 Å². The third-order valence-electron chi connectivity index (χ3n) is 4.35. The summed E-state index contributed by atoms with van der Waals surface area (Å²) in [7, 11) is 0. The average Bonchev–Trinajstić information content (AvgIpc) is 3.37. The Hall–Kier alpha value is -3.46. The van der Waals surface area contributed by atoms with Gasteiger partial charge in [0, 0.05) is 30.1 Å². The minimum atomic E-state index is -0.447. The minimum Gasteiger partial charge on any atom is -0.420 e. The molecule has 0 amide bonds. The first-order valence-electron chi connectivity index (χ1n) is 8.82. The predicted molar refractivity (Wildman–Crippen MR) is 109 cm³/mol. The zero-order chi connectivity index (χ0) is 20.4. The lowest BCUT2D eigenvalue weighted by atomic mass is 10.1. The second-order valence-corrected chi connectivity index (χ2v) is 7.41. The van der Waals surface area contributed by atoms with E-state index in [1.165, 1.54) is 29.5 Å². The number of aryl methyl sites for hydroxylation is 2. The van der Waals surface area contributed by atoms with Gasteiger partial charge in [0.15, 0.2) is 5.16 Å². The summed E-state index contributed by atoms with van der Waals surface area (Å²) >= 11 is 1.50. The zero-order valence-electron chi connectivity index (χ0n) is 15.8. The fourth-order valence-electron chi connectivity index (χ4n) is 2.84. The van der Waals surface area contributed by atoms with Crippen LogP contribution in [0.1, 0.15) is 17.0 Å². The molecular weight excluding hydrogens is 390 g/mol. The van der Waals surface area contributed by atoms with Crippen molar-refractivity contribution in [1.82, 2.24) is 19.7 Å². The van der Waals surface area contributed by atoms with Crippen LogP contribution in [0.5, 0.6) is 0 Å². The summed E-state index contributed by atoms with van der Waals surface area (Å²) in [5.74, 6) is 1.24. The standard InChI is InChI=1S/C20H17N5O3S/c1-13-3-4-14(2)17(11-13)24-10-9-21-20(24)29-12-18-22-23-19(28-18)15-5-7-16(8-6-15)25(26)27/h3-11H,12H2,1-2H3. The van der Waals surface area contributed by atoms with Crippen LogP contribution >= 0.6 is 11.8 Å². The van der Waals surface area contributed by atoms with Gasteiger partial charge in [0.1, 0.15) is 0 Å². The van der Waals surface area contributed by atoms with E-state index in [4.69, 9.17) is 4.42 Å². The first-order chi connectivity index (χ1) is 14.0. The summed E-state index contributed by atoms with van der Waals surface area (Å²) in [6.45, 7) is 4.13. The summed E-state index contributed by atoms with van der Waals surface area (Å²) in [5, 5.41) is 19.7. The van der Waals surface area contributed by atoms with Crippen molar-refractivity contribution in [2.24, 2.45) is 0 Å². The molecule has 0 unspecified atom stereocenters. The van der Waals surface area contributed by atoms with Crippen LogP contribution in [0, 0.1) is 24.0 Å². The second kappa shape index (κ2) is 7.88. The molecule has 9 heteroatoms. The van der Waals surface area contributed by atoms with Gasteiger partial charge in [-0.25, -0.2) is 4.98 Å². The Kier molecular flexibility index (Phi) is 5.13. The number of nitro groups is 1. The number of hydrogen-bond donors (Lipinski definition) is 0. The molecular formula is C20H17N5O3S. The maximum absolute atomic E-state index is 10.8. The normalized spacial score (nSPS) is 11.0. The van der Waals surface area contributed by atoms with E-state index in [2.05, 4.69) is 47.2 Å². The molecule has 0 saturated heterocycles. The first-order valence-corrected chi connectivity index (χ1v) is 9.81. The highest BCUT2D eigenvalue weighted by Gasteiger charge is 2.14. The van der Waals surface area contributed by atoms with E-state index in [0.29, 0.717) is 23.1 Å². The van der Waals surface area contributed by atoms with Gasteiger partial charge in [-0.2, -0.15) is 0 Å². The van der Waals surface area contributed by atoms with Crippen LogP contribution in [0.4, 0.5) is 5.69 Å². The Labute approximate surface area is 170 Å². The third-order valence-corrected chi connectivity index (χ3v) is 5.30. The van der Waals surface area contributed by atoms with E-state index in [1.54, 1.807) is 18.3 Å². The van der Waals surface area contributed by atoms with Gasteiger partial charge in [0.05, 0.1) is 16.4 Å². The fourth-order valence-corrected chi connectivity index (χ4v) is 3.64. The minimum absolute atomic E-state index is 0.0160. The topological polar surface area (TPSA) is 99.9 Å². The number of nitrogens with zero attached hydrogens (tertiary/aromatic N) is 5. The van der Waals surface area contributed by atoms with Crippen LogP contribution in [-0.2, 0) is 5.75 Å². The molecule has 146 valence electrons. The van der Waals surface area contributed by atoms with E-state index in [-0.39, 0.29) is 5.69 Å². The molecule has 4 rings (SSSR count). The predicted octanol–water partition coefficient (Wildman–Crippen LogP) is 4.74. The van der Waals surface area contributed by atoms with Crippen molar-refractivity contribution >= 4 is 17.4 Å². The van der Waals surface area contributed by atoms with Gasteiger partial charge >= 0.3 is 0 Å². The number of thioether (sulfide) groups is 1. The molecule has 0 atom stereocenters. The second-order valence-electron chi connectivity index (χ2n) is 6.46. The van der Waals surface area contributed by atoms with E-state index in [9.17, 15) is 10.1 Å². The Morgan fingerprint density at radius 1 is 1.14 bits per heavy atom. The van der Waals surface area contributed by atoms with Crippen molar-refractivity contribution in [2.45, 2.75) is 24.8 Å². The average molecular weight is 407 g/mol. The molecule has 0 aliphatic rings. The molecule has 2 aromatic heterocycles. The third kappa shape index (κ3) is 4.04. The largest absolute Gasteiger partial charge is 0.420 e. The van der Waals surface area contributed by atoms with Gasteiger partial charge in [-0.15, -0.1) is 10.2 Å². The number of benzene rings is 2. The van der Waals surface area contributed by atoms with E-state index in [1.807, 2.05) is 10.8 Å². The quantitative estimate of drug-likeness (QED) is 0.258. The van der Waals surface area contributed by atoms with Gasteiger partial charge in [-0.3, -0.25) is 14.7 Å². The highest BCUT2D eigenvalue weighted by Crippen LogP contribution is 2.27. The number of imidazole rings is 1. The highest BCUT2D eigenvalue weighted by atomic mass is 32.2. The fraction of sp³-hybridized carbons (Fsp3) is 0.150. The summed E-state index contributed by atoms with van der Waals surface area (Å²) in [6, 6.07) is 12.3. The smallest absolute Gasteiger partial charge is 0.269 e. The van der Waals surface area contributed by atoms with Crippen molar-refractivity contribution in [3.05, 3.63) is 82.0 Å². The molecule has 0 N–H and O–H groups in total. The Morgan fingerprint density at radius 2 is 1.93 bits per heavy atom. The van der Waals surface area contributed by atoms with Crippen molar-refractivity contribution in [3.8, 4) is 17.1 Å². The Balaban J connectivity index is 1.49. The van der Waals surface area contributed by atoms with Crippen molar-refractivity contribution in [3.63, 3.8) is 0 Å². The van der Waals surface area contributed by atoms with Crippen LogP contribution in [0.25, 0.3) is 17.1 Å². The van der Waals surface area contributed by atoms with Crippen molar-refractivity contribution < 1.29 is 9.34 Å². The molecule has 0 spiro atoms. The Bertz CT molecular complexity index is 1170. The van der Waals surface area contributed by atoms with E-state index < -0.39 is 4.92 Å². The van der Waals surface area contributed by atoms with Gasteiger partial charge in [-0.05, 0) is 43.2 Å². The molecule has 0 fully saturated rings. The SMILES string of the molecule is Cc1ccc(C)c(-n2ccnc2SCc2nnc(-c3ccc([N+](=O)[O-])cc3)o2)c1. The van der Waals surface area contributed by atoms with E-state index >= 15 is 0 Å². The summed E-state index contributed by atoms with van der Waals surface area (Å²) < 4.78 is 7.75. The Morgan fingerprint density at radius 3 is 2.69 bits per heavy atom. The van der Waals surface area contributed by atoms with E-state index in [0.717, 1.165) is 16.4 Å². The summed E-state index contributed by atoms with van der Waals surface area (Å²) in [4.78, 5) is 14.8. The first kappa shape index (κ1) is 18.9. The maximum Gasteiger partial charge on any atom is 0.269 e. The molecule has 8 nitrogen and oxygen atoms in total. The summed E-state index contributed by atoms with van der Waals surface area (Å²) in [5.41, 5.74) is 4.08. The molecule has 0 radical (unpaired) electrons.